The fraction of sp³-hybridized carbons (Fsp3) is 0.208. The molecule has 33 heavy (non-hydrogen) atoms. The Kier molecular flexibility index (Phi) is 7.17. The fourth-order valence-corrected chi connectivity index (χ4v) is 6.28. The van der Waals surface area contributed by atoms with Crippen molar-refractivity contribution in [2.24, 2.45) is 0 Å². The number of sulfonamides is 1. The first-order chi connectivity index (χ1) is 15.7. The van der Waals surface area contributed by atoms with Crippen molar-refractivity contribution in [1.29, 1.82) is 0 Å². The van der Waals surface area contributed by atoms with Crippen molar-refractivity contribution in [2.75, 3.05) is 11.4 Å². The van der Waals surface area contributed by atoms with E-state index in [0.29, 0.717) is 22.0 Å². The molecular formula is C24H21BrCl2N2O3S. The molecule has 0 saturated heterocycles. The van der Waals surface area contributed by atoms with Gasteiger partial charge in [0.05, 0.1) is 11.4 Å². The van der Waals surface area contributed by atoms with Crippen molar-refractivity contribution in [3.05, 3.63) is 92.4 Å². The standard InChI is InChI=1S/C24H21BrCl2N2O3S/c1-16-11-18-12-19(25)8-10-23(18)29(16)24(30)15-28(14-17-7-9-20(26)13-22(17)27)33(31,32)21-5-3-2-4-6-21/h2-10,12-13,16H,11,14-15H2,1H3. The van der Waals surface area contributed by atoms with Gasteiger partial charge in [-0.3, -0.25) is 4.79 Å². The molecule has 9 heteroatoms. The molecule has 172 valence electrons. The number of halogens is 3. The lowest BCUT2D eigenvalue weighted by molar-refractivity contribution is -0.119. The molecule has 0 N–H and O–H groups in total. The summed E-state index contributed by atoms with van der Waals surface area (Å²) in [5.74, 6) is -0.298. The molecule has 1 atom stereocenters. The van der Waals surface area contributed by atoms with E-state index in [1.54, 1.807) is 41.3 Å². The molecule has 0 fully saturated rings. The molecule has 0 aliphatic carbocycles. The molecule has 1 aliphatic heterocycles. The summed E-state index contributed by atoms with van der Waals surface area (Å²) in [7, 11) is -3.97. The van der Waals surface area contributed by atoms with Gasteiger partial charge in [-0.05, 0) is 66.9 Å². The van der Waals surface area contributed by atoms with Crippen LogP contribution in [-0.4, -0.2) is 31.2 Å². The van der Waals surface area contributed by atoms with Gasteiger partial charge in [-0.25, -0.2) is 8.42 Å². The smallest absolute Gasteiger partial charge is 0.243 e. The molecule has 1 amide bonds. The molecule has 0 saturated carbocycles. The van der Waals surface area contributed by atoms with Crippen LogP contribution >= 0.6 is 39.1 Å². The molecule has 4 rings (SSSR count). The van der Waals surface area contributed by atoms with Crippen LogP contribution in [0.5, 0.6) is 0 Å². The normalized spacial score (nSPS) is 15.7. The summed E-state index contributed by atoms with van der Waals surface area (Å²) in [6.45, 7) is 1.57. The number of carbonyl (C=O) groups excluding carboxylic acids is 1. The average Bonchev–Trinajstić information content (AvgIpc) is 3.10. The number of fused-ring (bicyclic) bond motifs is 1. The molecular weight excluding hydrogens is 547 g/mol. The van der Waals surface area contributed by atoms with Crippen LogP contribution in [-0.2, 0) is 27.8 Å². The van der Waals surface area contributed by atoms with Gasteiger partial charge in [0.15, 0.2) is 0 Å². The molecule has 1 aliphatic rings. The summed E-state index contributed by atoms with van der Waals surface area (Å²) < 4.78 is 29.1. The minimum Gasteiger partial charge on any atom is -0.308 e. The maximum Gasteiger partial charge on any atom is 0.243 e. The summed E-state index contributed by atoms with van der Waals surface area (Å²) in [5, 5.41) is 0.791. The Hall–Kier alpha value is -1.90. The first-order valence-electron chi connectivity index (χ1n) is 10.3. The van der Waals surface area contributed by atoms with E-state index in [2.05, 4.69) is 15.9 Å². The number of benzene rings is 3. The molecule has 0 bridgehead atoms. The van der Waals surface area contributed by atoms with E-state index in [9.17, 15) is 13.2 Å². The van der Waals surface area contributed by atoms with Gasteiger partial charge in [0.1, 0.15) is 0 Å². The second kappa shape index (κ2) is 9.76. The summed E-state index contributed by atoms with van der Waals surface area (Å²) >= 11 is 15.8. The van der Waals surface area contributed by atoms with E-state index in [0.717, 1.165) is 15.7 Å². The predicted octanol–water partition coefficient (Wildman–Crippen LogP) is 5.92. The third kappa shape index (κ3) is 5.12. The number of hydrogen-bond donors (Lipinski definition) is 0. The highest BCUT2D eigenvalue weighted by molar-refractivity contribution is 9.10. The fourth-order valence-electron chi connectivity index (χ4n) is 4.01. The van der Waals surface area contributed by atoms with Crippen LogP contribution in [0.3, 0.4) is 0 Å². The van der Waals surface area contributed by atoms with Crippen LogP contribution in [0.4, 0.5) is 5.69 Å². The number of hydrogen-bond acceptors (Lipinski definition) is 3. The van der Waals surface area contributed by atoms with Gasteiger partial charge in [0, 0.05) is 32.8 Å². The summed E-state index contributed by atoms with van der Waals surface area (Å²) in [6.07, 6.45) is 0.703. The second-order valence-corrected chi connectivity index (χ2v) is 11.6. The Morgan fingerprint density at radius 3 is 2.52 bits per heavy atom. The third-order valence-electron chi connectivity index (χ3n) is 5.58. The highest BCUT2D eigenvalue weighted by Crippen LogP contribution is 2.35. The molecule has 5 nitrogen and oxygen atoms in total. The maximum absolute atomic E-state index is 13.5. The maximum atomic E-state index is 13.5. The van der Waals surface area contributed by atoms with Crippen LogP contribution in [0.2, 0.25) is 10.0 Å². The van der Waals surface area contributed by atoms with Crippen molar-refractivity contribution >= 4 is 60.7 Å². The van der Waals surface area contributed by atoms with Crippen LogP contribution in [0.1, 0.15) is 18.1 Å². The van der Waals surface area contributed by atoms with Crippen LogP contribution in [0.25, 0.3) is 0 Å². The quantitative estimate of drug-likeness (QED) is 0.371. The van der Waals surface area contributed by atoms with Crippen LogP contribution in [0.15, 0.2) is 76.1 Å². The Balaban J connectivity index is 1.69. The highest BCUT2D eigenvalue weighted by Gasteiger charge is 2.35. The Bertz CT molecular complexity index is 1300. The minimum absolute atomic E-state index is 0.0611. The summed E-state index contributed by atoms with van der Waals surface area (Å²) in [4.78, 5) is 15.3. The van der Waals surface area contributed by atoms with Gasteiger partial charge in [-0.1, -0.05) is 63.4 Å². The summed E-state index contributed by atoms with van der Waals surface area (Å²) in [5.41, 5.74) is 2.41. The lowest BCUT2D eigenvalue weighted by atomic mass is 10.1. The average molecular weight is 568 g/mol. The van der Waals surface area contributed by atoms with Crippen molar-refractivity contribution < 1.29 is 13.2 Å². The lowest BCUT2D eigenvalue weighted by Gasteiger charge is -2.28. The van der Waals surface area contributed by atoms with Crippen molar-refractivity contribution in [1.82, 2.24) is 4.31 Å². The molecule has 1 heterocycles. The Morgan fingerprint density at radius 1 is 1.09 bits per heavy atom. The van der Waals surface area contributed by atoms with Crippen LogP contribution in [0, 0.1) is 0 Å². The van der Waals surface area contributed by atoms with Gasteiger partial charge in [-0.15, -0.1) is 0 Å². The minimum atomic E-state index is -3.97. The molecule has 1 unspecified atom stereocenters. The van der Waals surface area contributed by atoms with E-state index in [4.69, 9.17) is 23.2 Å². The Labute approximate surface area is 212 Å². The SMILES string of the molecule is CC1Cc2cc(Br)ccc2N1C(=O)CN(Cc1ccc(Cl)cc1Cl)S(=O)(=O)c1ccccc1. The zero-order valence-corrected chi connectivity index (χ0v) is 21.6. The number of amides is 1. The van der Waals surface area contributed by atoms with E-state index < -0.39 is 10.0 Å². The monoisotopic (exact) mass is 566 g/mol. The first kappa shape index (κ1) is 24.2. The number of anilines is 1. The van der Waals surface area contributed by atoms with E-state index in [1.807, 2.05) is 25.1 Å². The Morgan fingerprint density at radius 2 is 1.82 bits per heavy atom. The van der Waals surface area contributed by atoms with Crippen molar-refractivity contribution in [3.63, 3.8) is 0 Å². The molecule has 0 aromatic heterocycles. The first-order valence-corrected chi connectivity index (χ1v) is 13.3. The number of rotatable bonds is 6. The van der Waals surface area contributed by atoms with Crippen molar-refractivity contribution in [2.45, 2.75) is 30.8 Å². The lowest BCUT2D eigenvalue weighted by Crippen LogP contribution is -2.44. The number of carbonyl (C=O) groups is 1. The molecule has 3 aromatic rings. The summed E-state index contributed by atoms with van der Waals surface area (Å²) in [6, 6.07) is 18.6. The second-order valence-electron chi connectivity index (χ2n) is 7.91. The third-order valence-corrected chi connectivity index (χ3v) is 8.47. The molecule has 0 spiro atoms. The van der Waals surface area contributed by atoms with Crippen molar-refractivity contribution in [3.8, 4) is 0 Å². The zero-order chi connectivity index (χ0) is 23.8. The molecule has 3 aromatic carbocycles. The van der Waals surface area contributed by atoms with E-state index in [1.165, 1.54) is 16.4 Å². The predicted molar refractivity (Wildman–Crippen MR) is 135 cm³/mol. The van der Waals surface area contributed by atoms with Gasteiger partial charge in [0.2, 0.25) is 15.9 Å². The largest absolute Gasteiger partial charge is 0.308 e. The van der Waals surface area contributed by atoms with Gasteiger partial charge in [-0.2, -0.15) is 4.31 Å². The molecule has 0 radical (unpaired) electrons. The van der Waals surface area contributed by atoms with E-state index >= 15 is 0 Å². The number of nitrogens with zero attached hydrogens (tertiary/aromatic N) is 2. The van der Waals surface area contributed by atoms with Gasteiger partial charge < -0.3 is 4.90 Å². The van der Waals surface area contributed by atoms with Gasteiger partial charge in [0.25, 0.3) is 0 Å². The topological polar surface area (TPSA) is 57.7 Å². The zero-order valence-electron chi connectivity index (χ0n) is 17.7. The van der Waals surface area contributed by atoms with Gasteiger partial charge >= 0.3 is 0 Å². The van der Waals surface area contributed by atoms with E-state index in [-0.39, 0.29) is 29.9 Å². The van der Waals surface area contributed by atoms with Crippen LogP contribution < -0.4 is 4.90 Å². The highest BCUT2D eigenvalue weighted by atomic mass is 79.9.